The summed E-state index contributed by atoms with van der Waals surface area (Å²) in [4.78, 5) is 23.4. The average molecular weight is 226 g/mol. The molecule has 0 aliphatic rings. The van der Waals surface area contributed by atoms with Crippen molar-refractivity contribution in [2.75, 3.05) is 7.05 Å². The maximum absolute atomic E-state index is 11.5. The highest BCUT2D eigenvalue weighted by molar-refractivity contribution is 5.82. The van der Waals surface area contributed by atoms with Gasteiger partial charge in [-0.1, -0.05) is 0 Å². The second kappa shape index (κ2) is 5.15. The first-order valence-electron chi connectivity index (χ1n) is 4.72. The molecule has 16 heavy (non-hydrogen) atoms. The van der Waals surface area contributed by atoms with Crippen LogP contribution in [-0.4, -0.2) is 45.3 Å². The van der Waals surface area contributed by atoms with Gasteiger partial charge in [-0.2, -0.15) is 5.10 Å². The number of urea groups is 1. The zero-order valence-corrected chi connectivity index (χ0v) is 9.10. The van der Waals surface area contributed by atoms with Crippen LogP contribution in [0.1, 0.15) is 12.5 Å². The van der Waals surface area contributed by atoms with Crippen LogP contribution < -0.4 is 5.32 Å². The maximum Gasteiger partial charge on any atom is 0.325 e. The fourth-order valence-electron chi connectivity index (χ4n) is 1.07. The van der Waals surface area contributed by atoms with Gasteiger partial charge in [0.05, 0.1) is 12.7 Å². The Hall–Kier alpha value is -2.05. The van der Waals surface area contributed by atoms with Crippen LogP contribution in [0.25, 0.3) is 0 Å². The number of carbonyl (C=O) groups is 2. The second-order valence-electron chi connectivity index (χ2n) is 3.47. The fraction of sp³-hybridized carbons (Fsp3) is 0.444. The van der Waals surface area contributed by atoms with E-state index in [-0.39, 0.29) is 0 Å². The van der Waals surface area contributed by atoms with Gasteiger partial charge in [-0.25, -0.2) is 4.79 Å². The topological polar surface area (TPSA) is 98.3 Å². The number of aliphatic carboxylic acids is 1. The molecule has 1 unspecified atom stereocenters. The molecule has 0 aliphatic carbocycles. The second-order valence-corrected chi connectivity index (χ2v) is 3.47. The monoisotopic (exact) mass is 226 g/mol. The third-order valence-electron chi connectivity index (χ3n) is 2.03. The zero-order chi connectivity index (χ0) is 12.1. The van der Waals surface area contributed by atoms with E-state index >= 15 is 0 Å². The van der Waals surface area contributed by atoms with Crippen LogP contribution in [0.5, 0.6) is 0 Å². The SMILES string of the molecule is CC(NC(=O)N(C)Cc1cn[nH]c1)C(=O)O. The molecule has 0 saturated heterocycles. The minimum Gasteiger partial charge on any atom is -0.480 e. The molecule has 7 heteroatoms. The Morgan fingerprint density at radius 2 is 2.38 bits per heavy atom. The molecule has 1 aromatic heterocycles. The van der Waals surface area contributed by atoms with Gasteiger partial charge in [-0.3, -0.25) is 9.89 Å². The minimum absolute atomic E-state index is 0.370. The number of carbonyl (C=O) groups excluding carboxylic acids is 1. The number of H-pyrrole nitrogens is 1. The number of amides is 2. The molecule has 0 aliphatic heterocycles. The summed E-state index contributed by atoms with van der Waals surface area (Å²) in [5.41, 5.74) is 0.848. The van der Waals surface area contributed by atoms with Crippen LogP contribution >= 0.6 is 0 Å². The van der Waals surface area contributed by atoms with Crippen molar-refractivity contribution in [1.82, 2.24) is 20.4 Å². The van der Waals surface area contributed by atoms with Crippen LogP contribution in [0.3, 0.4) is 0 Å². The molecule has 0 aromatic carbocycles. The molecule has 1 atom stereocenters. The van der Waals surface area contributed by atoms with Gasteiger partial charge >= 0.3 is 12.0 Å². The Labute approximate surface area is 92.4 Å². The van der Waals surface area contributed by atoms with Gasteiger partial charge in [0.1, 0.15) is 6.04 Å². The van der Waals surface area contributed by atoms with Crippen molar-refractivity contribution in [1.29, 1.82) is 0 Å². The van der Waals surface area contributed by atoms with E-state index in [2.05, 4.69) is 15.5 Å². The number of carboxylic acid groups (broad SMARTS) is 1. The predicted octanol–water partition coefficient (Wildman–Crippen LogP) is 0.0242. The van der Waals surface area contributed by atoms with Gasteiger partial charge in [-0.15, -0.1) is 0 Å². The van der Waals surface area contributed by atoms with E-state index in [9.17, 15) is 9.59 Å². The number of nitrogens with one attached hydrogen (secondary N) is 2. The molecule has 0 bridgehead atoms. The smallest absolute Gasteiger partial charge is 0.325 e. The van der Waals surface area contributed by atoms with Gasteiger partial charge in [0.2, 0.25) is 0 Å². The van der Waals surface area contributed by atoms with E-state index in [1.54, 1.807) is 19.4 Å². The molecule has 0 fully saturated rings. The van der Waals surface area contributed by atoms with Crippen molar-refractivity contribution in [3.05, 3.63) is 18.0 Å². The van der Waals surface area contributed by atoms with Gasteiger partial charge in [0.15, 0.2) is 0 Å². The Morgan fingerprint density at radius 3 is 2.88 bits per heavy atom. The zero-order valence-electron chi connectivity index (χ0n) is 9.10. The number of hydrogen-bond donors (Lipinski definition) is 3. The highest BCUT2D eigenvalue weighted by Gasteiger charge is 2.16. The van der Waals surface area contributed by atoms with Crippen molar-refractivity contribution in [2.45, 2.75) is 19.5 Å². The summed E-state index contributed by atoms with van der Waals surface area (Å²) in [6.07, 6.45) is 3.27. The lowest BCUT2D eigenvalue weighted by Gasteiger charge is -2.18. The number of carboxylic acids is 1. The lowest BCUT2D eigenvalue weighted by Crippen LogP contribution is -2.44. The highest BCUT2D eigenvalue weighted by Crippen LogP contribution is 1.99. The lowest BCUT2D eigenvalue weighted by molar-refractivity contribution is -0.138. The summed E-state index contributed by atoms with van der Waals surface area (Å²) in [5.74, 6) is -1.06. The molecule has 7 nitrogen and oxygen atoms in total. The van der Waals surface area contributed by atoms with Crippen LogP contribution in [0, 0.1) is 0 Å². The van der Waals surface area contributed by atoms with Crippen LogP contribution in [-0.2, 0) is 11.3 Å². The Morgan fingerprint density at radius 1 is 1.69 bits per heavy atom. The Balaban J connectivity index is 2.45. The number of nitrogens with zero attached hydrogens (tertiary/aromatic N) is 2. The third kappa shape index (κ3) is 3.26. The summed E-state index contributed by atoms with van der Waals surface area (Å²) in [7, 11) is 1.58. The Bertz CT molecular complexity index is 363. The van der Waals surface area contributed by atoms with E-state index < -0.39 is 18.0 Å². The summed E-state index contributed by atoms with van der Waals surface area (Å²) in [5, 5.41) is 17.3. The standard InChI is InChI=1S/C9H14N4O3/c1-6(8(14)15)12-9(16)13(2)5-7-3-10-11-4-7/h3-4,6H,5H2,1-2H3,(H,10,11)(H,12,16)(H,14,15). The van der Waals surface area contributed by atoms with Crippen LogP contribution in [0.4, 0.5) is 4.79 Å². The summed E-state index contributed by atoms with van der Waals surface area (Å²) in [6.45, 7) is 1.78. The predicted molar refractivity (Wildman–Crippen MR) is 55.7 cm³/mol. The van der Waals surface area contributed by atoms with Crippen LogP contribution in [0.15, 0.2) is 12.4 Å². The van der Waals surface area contributed by atoms with Crippen molar-refractivity contribution in [3.63, 3.8) is 0 Å². The van der Waals surface area contributed by atoms with E-state index in [0.29, 0.717) is 6.54 Å². The van der Waals surface area contributed by atoms with Gasteiger partial charge in [-0.05, 0) is 6.92 Å². The van der Waals surface area contributed by atoms with Crippen LogP contribution in [0.2, 0.25) is 0 Å². The van der Waals surface area contributed by atoms with E-state index in [1.807, 2.05) is 0 Å². The fourth-order valence-corrected chi connectivity index (χ4v) is 1.07. The molecule has 88 valence electrons. The van der Waals surface area contributed by atoms with E-state index in [4.69, 9.17) is 5.11 Å². The first-order valence-corrected chi connectivity index (χ1v) is 4.72. The van der Waals surface area contributed by atoms with E-state index in [1.165, 1.54) is 11.8 Å². The molecular weight excluding hydrogens is 212 g/mol. The molecule has 0 radical (unpaired) electrons. The molecule has 0 spiro atoms. The Kier molecular flexibility index (Phi) is 3.87. The first-order chi connectivity index (χ1) is 7.50. The molecular formula is C9H14N4O3. The molecule has 1 rings (SSSR count). The number of aromatic nitrogens is 2. The third-order valence-corrected chi connectivity index (χ3v) is 2.03. The average Bonchev–Trinajstić information content (AvgIpc) is 2.69. The quantitative estimate of drug-likeness (QED) is 0.674. The minimum atomic E-state index is -1.06. The molecule has 1 aromatic rings. The summed E-state index contributed by atoms with van der Waals surface area (Å²) < 4.78 is 0. The molecule has 1 heterocycles. The van der Waals surface area contributed by atoms with Crippen molar-refractivity contribution in [3.8, 4) is 0 Å². The molecule has 2 amide bonds. The first kappa shape index (κ1) is 12.0. The van der Waals surface area contributed by atoms with Gasteiger partial charge in [0, 0.05) is 18.8 Å². The largest absolute Gasteiger partial charge is 0.480 e. The van der Waals surface area contributed by atoms with Crippen molar-refractivity contribution < 1.29 is 14.7 Å². The maximum atomic E-state index is 11.5. The van der Waals surface area contributed by atoms with Crippen molar-refractivity contribution in [2.24, 2.45) is 0 Å². The molecule has 0 saturated carbocycles. The van der Waals surface area contributed by atoms with Gasteiger partial charge < -0.3 is 15.3 Å². The normalized spacial score (nSPS) is 11.9. The molecule has 3 N–H and O–H groups in total. The van der Waals surface area contributed by atoms with Gasteiger partial charge in [0.25, 0.3) is 0 Å². The lowest BCUT2D eigenvalue weighted by atomic mass is 10.3. The van der Waals surface area contributed by atoms with E-state index in [0.717, 1.165) is 5.56 Å². The highest BCUT2D eigenvalue weighted by atomic mass is 16.4. The summed E-state index contributed by atoms with van der Waals surface area (Å²) in [6, 6.07) is -1.34. The number of hydrogen-bond acceptors (Lipinski definition) is 3. The number of rotatable bonds is 4. The summed E-state index contributed by atoms with van der Waals surface area (Å²) >= 11 is 0. The van der Waals surface area contributed by atoms with Crippen molar-refractivity contribution >= 4 is 12.0 Å². The number of aromatic amines is 1.